The largest absolute Gasteiger partial charge is 0.472 e. The Morgan fingerprint density at radius 1 is 1.05 bits per heavy atom. The lowest BCUT2D eigenvalue weighted by molar-refractivity contribution is 0.564. The highest BCUT2D eigenvalue weighted by Gasteiger charge is 2.13. The Balaban J connectivity index is 1.73. The molecule has 3 heteroatoms. The van der Waals surface area contributed by atoms with Crippen molar-refractivity contribution in [3.8, 4) is 0 Å². The summed E-state index contributed by atoms with van der Waals surface area (Å²) < 4.78 is 5.10. The van der Waals surface area contributed by atoms with Crippen molar-refractivity contribution in [3.63, 3.8) is 0 Å². The normalized spacial score (nSPS) is 15.5. The number of hydrogen-bond acceptors (Lipinski definition) is 3. The van der Waals surface area contributed by atoms with E-state index in [0.29, 0.717) is 0 Å². The molecule has 19 heavy (non-hydrogen) atoms. The molecule has 1 aliphatic heterocycles. The molecule has 2 heterocycles. The van der Waals surface area contributed by atoms with Gasteiger partial charge >= 0.3 is 0 Å². The fourth-order valence-electron chi connectivity index (χ4n) is 2.62. The first kappa shape index (κ1) is 12.2. The SMILES string of the molecule is c1ccc(N2CCCCC2)c(NCc2ccoc2)c1. The van der Waals surface area contributed by atoms with Gasteiger partial charge in [0.1, 0.15) is 0 Å². The van der Waals surface area contributed by atoms with Gasteiger partial charge < -0.3 is 14.6 Å². The van der Waals surface area contributed by atoms with Crippen LogP contribution in [0.4, 0.5) is 11.4 Å². The Kier molecular flexibility index (Phi) is 3.73. The van der Waals surface area contributed by atoms with E-state index in [4.69, 9.17) is 4.42 Å². The second kappa shape index (κ2) is 5.83. The lowest BCUT2D eigenvalue weighted by atomic mass is 10.1. The van der Waals surface area contributed by atoms with E-state index in [1.54, 1.807) is 12.5 Å². The number of para-hydroxylation sites is 2. The fourth-order valence-corrected chi connectivity index (χ4v) is 2.62. The van der Waals surface area contributed by atoms with Gasteiger partial charge in [0.25, 0.3) is 0 Å². The van der Waals surface area contributed by atoms with Crippen molar-refractivity contribution in [2.24, 2.45) is 0 Å². The molecule has 0 atom stereocenters. The summed E-state index contributed by atoms with van der Waals surface area (Å²) in [5, 5.41) is 3.51. The number of hydrogen-bond donors (Lipinski definition) is 1. The lowest BCUT2D eigenvalue weighted by Crippen LogP contribution is -2.30. The van der Waals surface area contributed by atoms with Gasteiger partial charge in [0.2, 0.25) is 0 Å². The third-order valence-electron chi connectivity index (χ3n) is 3.66. The molecule has 1 aromatic heterocycles. The van der Waals surface area contributed by atoms with E-state index >= 15 is 0 Å². The molecule has 0 spiro atoms. The molecule has 1 saturated heterocycles. The molecule has 0 radical (unpaired) electrons. The minimum Gasteiger partial charge on any atom is -0.472 e. The van der Waals surface area contributed by atoms with Crippen LogP contribution in [0, 0.1) is 0 Å². The summed E-state index contributed by atoms with van der Waals surface area (Å²) in [5.74, 6) is 0. The molecule has 0 saturated carbocycles. The van der Waals surface area contributed by atoms with Crippen LogP contribution in [0.1, 0.15) is 24.8 Å². The maximum absolute atomic E-state index is 5.10. The van der Waals surface area contributed by atoms with Crippen LogP contribution in [-0.4, -0.2) is 13.1 Å². The van der Waals surface area contributed by atoms with Crippen molar-refractivity contribution in [1.29, 1.82) is 0 Å². The number of anilines is 2. The third kappa shape index (κ3) is 2.92. The zero-order valence-corrected chi connectivity index (χ0v) is 11.1. The summed E-state index contributed by atoms with van der Waals surface area (Å²) >= 11 is 0. The van der Waals surface area contributed by atoms with Crippen LogP contribution >= 0.6 is 0 Å². The van der Waals surface area contributed by atoms with Gasteiger partial charge in [0, 0.05) is 25.2 Å². The van der Waals surface area contributed by atoms with Crippen molar-refractivity contribution < 1.29 is 4.42 Å². The first-order chi connectivity index (χ1) is 9.43. The van der Waals surface area contributed by atoms with Crippen LogP contribution in [0.25, 0.3) is 0 Å². The Morgan fingerprint density at radius 3 is 2.68 bits per heavy atom. The van der Waals surface area contributed by atoms with Crippen molar-refractivity contribution in [2.45, 2.75) is 25.8 Å². The molecule has 3 rings (SSSR count). The highest BCUT2D eigenvalue weighted by molar-refractivity contribution is 5.70. The van der Waals surface area contributed by atoms with E-state index in [1.165, 1.54) is 49.3 Å². The summed E-state index contributed by atoms with van der Waals surface area (Å²) in [7, 11) is 0. The fraction of sp³-hybridized carbons (Fsp3) is 0.375. The van der Waals surface area contributed by atoms with Gasteiger partial charge in [-0.15, -0.1) is 0 Å². The minimum absolute atomic E-state index is 0.807. The van der Waals surface area contributed by atoms with E-state index in [1.807, 2.05) is 6.07 Å². The maximum atomic E-state index is 5.10. The van der Waals surface area contributed by atoms with Crippen LogP contribution in [0.5, 0.6) is 0 Å². The van der Waals surface area contributed by atoms with Gasteiger partial charge in [-0.1, -0.05) is 12.1 Å². The topological polar surface area (TPSA) is 28.4 Å². The van der Waals surface area contributed by atoms with Gasteiger partial charge in [-0.25, -0.2) is 0 Å². The monoisotopic (exact) mass is 256 g/mol. The van der Waals surface area contributed by atoms with Crippen molar-refractivity contribution >= 4 is 11.4 Å². The highest BCUT2D eigenvalue weighted by atomic mass is 16.3. The molecule has 1 N–H and O–H groups in total. The van der Waals surface area contributed by atoms with Gasteiger partial charge in [0.15, 0.2) is 0 Å². The second-order valence-corrected chi connectivity index (χ2v) is 5.05. The van der Waals surface area contributed by atoms with Gasteiger partial charge in [-0.05, 0) is 37.5 Å². The van der Waals surface area contributed by atoms with E-state index in [2.05, 4.69) is 34.5 Å². The molecule has 1 aromatic carbocycles. The Bertz CT molecular complexity index is 501. The third-order valence-corrected chi connectivity index (χ3v) is 3.66. The number of benzene rings is 1. The minimum atomic E-state index is 0.807. The summed E-state index contributed by atoms with van der Waals surface area (Å²) in [5.41, 5.74) is 3.71. The predicted molar refractivity (Wildman–Crippen MR) is 78.5 cm³/mol. The average molecular weight is 256 g/mol. The molecule has 0 unspecified atom stereocenters. The summed E-state index contributed by atoms with van der Waals surface area (Å²) in [6.07, 6.45) is 7.47. The molecule has 100 valence electrons. The molecule has 0 bridgehead atoms. The smallest absolute Gasteiger partial charge is 0.0952 e. The van der Waals surface area contributed by atoms with E-state index < -0.39 is 0 Å². The second-order valence-electron chi connectivity index (χ2n) is 5.05. The zero-order chi connectivity index (χ0) is 12.9. The van der Waals surface area contributed by atoms with Crippen molar-refractivity contribution in [1.82, 2.24) is 0 Å². The van der Waals surface area contributed by atoms with Gasteiger partial charge in [0.05, 0.1) is 23.9 Å². The molecule has 1 aliphatic rings. The number of rotatable bonds is 4. The van der Waals surface area contributed by atoms with Crippen LogP contribution in [-0.2, 0) is 6.54 Å². The Labute approximate surface area is 114 Å². The highest BCUT2D eigenvalue weighted by Crippen LogP contribution is 2.28. The summed E-state index contributed by atoms with van der Waals surface area (Å²) in [4.78, 5) is 2.49. The molecule has 0 amide bonds. The molecule has 0 aliphatic carbocycles. The van der Waals surface area contributed by atoms with E-state index in [9.17, 15) is 0 Å². The first-order valence-corrected chi connectivity index (χ1v) is 7.02. The van der Waals surface area contributed by atoms with Crippen LogP contribution in [0.2, 0.25) is 0 Å². The number of furan rings is 1. The first-order valence-electron chi connectivity index (χ1n) is 7.02. The van der Waals surface area contributed by atoms with Crippen LogP contribution in [0.3, 0.4) is 0 Å². The standard InChI is InChI=1S/C16H20N2O/c1-4-9-18(10-5-1)16-7-3-2-6-15(16)17-12-14-8-11-19-13-14/h2-3,6-8,11,13,17H,1,4-5,9-10,12H2. The van der Waals surface area contributed by atoms with Crippen LogP contribution in [0.15, 0.2) is 47.3 Å². The Hall–Kier alpha value is -1.90. The lowest BCUT2D eigenvalue weighted by Gasteiger charge is -2.30. The van der Waals surface area contributed by atoms with Crippen molar-refractivity contribution in [3.05, 3.63) is 48.4 Å². The quantitative estimate of drug-likeness (QED) is 0.899. The van der Waals surface area contributed by atoms with Gasteiger partial charge in [-0.3, -0.25) is 0 Å². The molecular formula is C16H20N2O. The maximum Gasteiger partial charge on any atom is 0.0952 e. The van der Waals surface area contributed by atoms with E-state index in [-0.39, 0.29) is 0 Å². The predicted octanol–water partition coefficient (Wildman–Crippen LogP) is 3.88. The van der Waals surface area contributed by atoms with Crippen LogP contribution < -0.4 is 10.2 Å². The van der Waals surface area contributed by atoms with Crippen molar-refractivity contribution in [2.75, 3.05) is 23.3 Å². The molecule has 3 nitrogen and oxygen atoms in total. The van der Waals surface area contributed by atoms with E-state index in [0.717, 1.165) is 6.54 Å². The number of piperidine rings is 1. The number of nitrogens with zero attached hydrogens (tertiary/aromatic N) is 1. The average Bonchev–Trinajstić information content (AvgIpc) is 3.00. The zero-order valence-electron chi connectivity index (χ0n) is 11.1. The molecular weight excluding hydrogens is 236 g/mol. The summed E-state index contributed by atoms with van der Waals surface area (Å²) in [6, 6.07) is 10.6. The number of nitrogens with one attached hydrogen (secondary N) is 1. The van der Waals surface area contributed by atoms with Gasteiger partial charge in [-0.2, -0.15) is 0 Å². The Morgan fingerprint density at radius 2 is 1.89 bits per heavy atom. The molecule has 2 aromatic rings. The summed E-state index contributed by atoms with van der Waals surface area (Å²) in [6.45, 7) is 3.15. The molecule has 1 fully saturated rings.